The third-order valence-corrected chi connectivity index (χ3v) is 8.76. The molecule has 0 atom stereocenters. The Balaban J connectivity index is 1.11. The van der Waals surface area contributed by atoms with Crippen molar-refractivity contribution >= 4 is 11.7 Å². The molecule has 1 heterocycles. The van der Waals surface area contributed by atoms with E-state index in [1.807, 2.05) is 24.3 Å². The van der Waals surface area contributed by atoms with E-state index < -0.39 is 0 Å². The Hall–Kier alpha value is -2.33. The first kappa shape index (κ1) is 23.4. The summed E-state index contributed by atoms with van der Waals surface area (Å²) >= 11 is 0. The van der Waals surface area contributed by atoms with Gasteiger partial charge in [-0.15, -0.1) is 0 Å². The fourth-order valence-electron chi connectivity index (χ4n) is 6.67. The lowest BCUT2D eigenvalue weighted by Gasteiger charge is -2.44. The Morgan fingerprint density at radius 3 is 1.85 bits per heavy atom. The summed E-state index contributed by atoms with van der Waals surface area (Å²) in [6.07, 6.45) is 13.2. The highest BCUT2D eigenvalue weighted by Crippen LogP contribution is 2.39. The number of nitrogens with zero attached hydrogens (tertiary/aromatic N) is 2. The van der Waals surface area contributed by atoms with Gasteiger partial charge in [-0.1, -0.05) is 56.4 Å². The van der Waals surface area contributed by atoms with Crippen LogP contribution in [-0.4, -0.2) is 50.2 Å². The summed E-state index contributed by atoms with van der Waals surface area (Å²) in [4.78, 5) is 17.0. The SMILES string of the molecule is COC(=O)c1ccc(-c2ccc(N3CCN(C4CCC(C5CCCCC5)CC4)CC3)cc2)cc1. The highest BCUT2D eigenvalue weighted by atomic mass is 16.5. The van der Waals surface area contributed by atoms with Crippen molar-refractivity contribution < 1.29 is 9.53 Å². The summed E-state index contributed by atoms with van der Waals surface area (Å²) < 4.78 is 4.79. The summed E-state index contributed by atoms with van der Waals surface area (Å²) in [7, 11) is 1.41. The van der Waals surface area contributed by atoms with Gasteiger partial charge in [0.15, 0.2) is 0 Å². The van der Waals surface area contributed by atoms with Crippen molar-refractivity contribution in [3.63, 3.8) is 0 Å². The molecular formula is C30H40N2O2. The van der Waals surface area contributed by atoms with Crippen LogP contribution < -0.4 is 4.90 Å². The van der Waals surface area contributed by atoms with E-state index in [9.17, 15) is 4.79 Å². The lowest BCUT2D eigenvalue weighted by Crippen LogP contribution is -2.51. The number of piperazine rings is 1. The van der Waals surface area contributed by atoms with Crippen molar-refractivity contribution in [1.29, 1.82) is 0 Å². The third kappa shape index (κ3) is 5.33. The van der Waals surface area contributed by atoms with Gasteiger partial charge in [0.1, 0.15) is 0 Å². The zero-order valence-electron chi connectivity index (χ0n) is 20.8. The van der Waals surface area contributed by atoms with Crippen LogP contribution in [0.1, 0.15) is 68.1 Å². The summed E-state index contributed by atoms with van der Waals surface area (Å²) in [6.45, 7) is 4.62. The average Bonchev–Trinajstić information content (AvgIpc) is 2.93. The predicted octanol–water partition coefficient (Wildman–Crippen LogP) is 6.40. The summed E-state index contributed by atoms with van der Waals surface area (Å²) in [5.41, 5.74) is 4.19. The maximum absolute atomic E-state index is 11.7. The Labute approximate surface area is 205 Å². The minimum Gasteiger partial charge on any atom is -0.465 e. The first-order chi connectivity index (χ1) is 16.7. The number of esters is 1. The van der Waals surface area contributed by atoms with Crippen LogP contribution in [0.3, 0.4) is 0 Å². The van der Waals surface area contributed by atoms with Crippen LogP contribution in [0.25, 0.3) is 11.1 Å². The second kappa shape index (κ2) is 10.9. The first-order valence-electron chi connectivity index (χ1n) is 13.5. The summed E-state index contributed by atoms with van der Waals surface area (Å²) in [5, 5.41) is 0. The van der Waals surface area contributed by atoms with E-state index in [1.54, 1.807) is 0 Å². The second-order valence-corrected chi connectivity index (χ2v) is 10.6. The number of benzene rings is 2. The highest BCUT2D eigenvalue weighted by molar-refractivity contribution is 5.90. The summed E-state index contributed by atoms with van der Waals surface area (Å²) in [6, 6.07) is 17.3. The van der Waals surface area contributed by atoms with Gasteiger partial charge in [-0.2, -0.15) is 0 Å². The smallest absolute Gasteiger partial charge is 0.337 e. The van der Waals surface area contributed by atoms with Gasteiger partial charge in [0.2, 0.25) is 0 Å². The molecule has 0 radical (unpaired) electrons. The van der Waals surface area contributed by atoms with E-state index in [4.69, 9.17) is 4.74 Å². The highest BCUT2D eigenvalue weighted by Gasteiger charge is 2.32. The molecule has 0 N–H and O–H groups in total. The lowest BCUT2D eigenvalue weighted by molar-refractivity contribution is 0.0600. The Kier molecular flexibility index (Phi) is 7.54. The molecule has 182 valence electrons. The van der Waals surface area contributed by atoms with E-state index in [0.29, 0.717) is 5.56 Å². The van der Waals surface area contributed by atoms with Gasteiger partial charge < -0.3 is 9.64 Å². The van der Waals surface area contributed by atoms with E-state index in [1.165, 1.54) is 89.2 Å². The van der Waals surface area contributed by atoms with Crippen molar-refractivity contribution in [2.75, 3.05) is 38.2 Å². The van der Waals surface area contributed by atoms with Crippen LogP contribution in [0, 0.1) is 11.8 Å². The van der Waals surface area contributed by atoms with E-state index in [-0.39, 0.29) is 5.97 Å². The number of ether oxygens (including phenoxy) is 1. The summed E-state index contributed by atoms with van der Waals surface area (Å²) in [5.74, 6) is 1.77. The molecule has 0 bridgehead atoms. The normalized spacial score (nSPS) is 24.7. The Bertz CT molecular complexity index is 917. The topological polar surface area (TPSA) is 32.8 Å². The Morgan fingerprint density at radius 2 is 1.26 bits per heavy atom. The monoisotopic (exact) mass is 460 g/mol. The number of rotatable bonds is 5. The third-order valence-electron chi connectivity index (χ3n) is 8.76. The van der Waals surface area contributed by atoms with Gasteiger partial charge in [-0.3, -0.25) is 4.90 Å². The van der Waals surface area contributed by atoms with Crippen molar-refractivity contribution in [3.8, 4) is 11.1 Å². The van der Waals surface area contributed by atoms with Gasteiger partial charge in [0.05, 0.1) is 12.7 Å². The molecular weight excluding hydrogens is 420 g/mol. The van der Waals surface area contributed by atoms with Crippen LogP contribution in [0.4, 0.5) is 5.69 Å². The molecule has 5 rings (SSSR count). The van der Waals surface area contributed by atoms with Crippen molar-refractivity contribution in [3.05, 3.63) is 54.1 Å². The second-order valence-electron chi connectivity index (χ2n) is 10.6. The molecule has 2 aliphatic carbocycles. The fourth-order valence-corrected chi connectivity index (χ4v) is 6.67. The van der Waals surface area contributed by atoms with Crippen molar-refractivity contribution in [2.45, 2.75) is 63.8 Å². The molecule has 34 heavy (non-hydrogen) atoms. The minimum atomic E-state index is -0.293. The molecule has 3 fully saturated rings. The van der Waals surface area contributed by atoms with Gasteiger partial charge in [-0.05, 0) is 72.9 Å². The van der Waals surface area contributed by atoms with Crippen molar-refractivity contribution in [1.82, 2.24) is 4.90 Å². The molecule has 4 heteroatoms. The average molecular weight is 461 g/mol. The molecule has 2 aromatic rings. The quantitative estimate of drug-likeness (QED) is 0.483. The molecule has 2 saturated carbocycles. The molecule has 0 amide bonds. The molecule has 0 unspecified atom stereocenters. The largest absolute Gasteiger partial charge is 0.465 e. The van der Waals surface area contributed by atoms with E-state index >= 15 is 0 Å². The zero-order chi connectivity index (χ0) is 23.3. The molecule has 2 aromatic carbocycles. The maximum atomic E-state index is 11.7. The van der Waals surface area contributed by atoms with E-state index in [0.717, 1.165) is 36.5 Å². The number of anilines is 1. The number of hydrogen-bond donors (Lipinski definition) is 0. The van der Waals surface area contributed by atoms with Crippen LogP contribution in [0.5, 0.6) is 0 Å². The fraction of sp³-hybridized carbons (Fsp3) is 0.567. The van der Waals surface area contributed by atoms with Gasteiger partial charge in [0, 0.05) is 37.9 Å². The molecule has 0 aromatic heterocycles. The number of methoxy groups -OCH3 is 1. The number of hydrogen-bond acceptors (Lipinski definition) is 4. The zero-order valence-corrected chi connectivity index (χ0v) is 20.8. The van der Waals surface area contributed by atoms with Crippen LogP contribution in [-0.2, 0) is 4.74 Å². The van der Waals surface area contributed by atoms with Crippen LogP contribution in [0.15, 0.2) is 48.5 Å². The molecule has 1 saturated heterocycles. The molecule has 1 aliphatic heterocycles. The predicted molar refractivity (Wildman–Crippen MR) is 139 cm³/mol. The van der Waals surface area contributed by atoms with Gasteiger partial charge >= 0.3 is 5.97 Å². The lowest BCUT2D eigenvalue weighted by atomic mass is 9.72. The molecule has 3 aliphatic rings. The molecule has 0 spiro atoms. The molecule has 4 nitrogen and oxygen atoms in total. The van der Waals surface area contributed by atoms with Crippen LogP contribution >= 0.6 is 0 Å². The van der Waals surface area contributed by atoms with E-state index in [2.05, 4.69) is 34.1 Å². The Morgan fingerprint density at radius 1 is 0.706 bits per heavy atom. The standard InChI is InChI=1S/C30H40N2O2/c1-34-30(33)27-9-7-24(8-10-27)26-13-17-29(18-14-26)32-21-19-31(20-22-32)28-15-11-25(12-16-28)23-5-3-2-4-6-23/h7-10,13-14,17-18,23,25,28H,2-6,11-12,15-16,19-22H2,1H3. The van der Waals surface area contributed by atoms with Crippen molar-refractivity contribution in [2.24, 2.45) is 11.8 Å². The minimum absolute atomic E-state index is 0.293. The van der Waals surface area contributed by atoms with Gasteiger partial charge in [0.25, 0.3) is 0 Å². The van der Waals surface area contributed by atoms with Gasteiger partial charge in [-0.25, -0.2) is 4.79 Å². The first-order valence-corrected chi connectivity index (χ1v) is 13.5. The van der Waals surface area contributed by atoms with Crippen LogP contribution in [0.2, 0.25) is 0 Å². The number of carbonyl (C=O) groups excluding carboxylic acids is 1. The number of carbonyl (C=O) groups is 1. The maximum Gasteiger partial charge on any atom is 0.337 e.